The summed E-state index contributed by atoms with van der Waals surface area (Å²) in [6.45, 7) is 0.695. The number of carboxylic acids is 1. The number of carbonyl (C=O) groups excluding carboxylic acids is 1. The summed E-state index contributed by atoms with van der Waals surface area (Å²) < 4.78 is 12.0. The molecule has 0 aromatic carbocycles. The Morgan fingerprint density at radius 3 is 2.62 bits per heavy atom. The van der Waals surface area contributed by atoms with Crippen molar-refractivity contribution in [3.8, 4) is 0 Å². The van der Waals surface area contributed by atoms with Gasteiger partial charge in [0.25, 0.3) is 5.91 Å². The van der Waals surface area contributed by atoms with E-state index >= 15 is 0 Å². The van der Waals surface area contributed by atoms with Gasteiger partial charge in [-0.3, -0.25) is 9.59 Å². The number of nitrogens with zero attached hydrogens (tertiary/aromatic N) is 1. The minimum atomic E-state index is -1.17. The van der Waals surface area contributed by atoms with Crippen molar-refractivity contribution in [3.63, 3.8) is 0 Å². The van der Waals surface area contributed by atoms with Crippen molar-refractivity contribution in [2.45, 2.75) is 12.9 Å². The van der Waals surface area contributed by atoms with Gasteiger partial charge in [0.2, 0.25) is 0 Å². The van der Waals surface area contributed by atoms with E-state index in [1.165, 1.54) is 11.6 Å². The van der Waals surface area contributed by atoms with E-state index in [-0.39, 0.29) is 13.1 Å². The number of alkyl halides is 1. The smallest absolute Gasteiger partial charge is 0.376 e. The minimum Gasteiger partial charge on any atom is -0.481 e. The molecule has 0 aromatic heterocycles. The summed E-state index contributed by atoms with van der Waals surface area (Å²) in [5, 5.41) is 20.5. The fraction of sp³-hybridized carbons (Fsp3) is 0.750. The fourth-order valence-electron chi connectivity index (χ4n) is 1.78. The second-order valence-electron chi connectivity index (χ2n) is 3.84. The molecule has 0 aliphatic carbocycles. The van der Waals surface area contributed by atoms with Crippen molar-refractivity contribution >= 4 is 18.9 Å². The molecule has 0 radical (unpaired) electrons. The van der Waals surface area contributed by atoms with E-state index in [1.807, 2.05) is 0 Å². The van der Waals surface area contributed by atoms with E-state index in [2.05, 4.69) is 5.32 Å². The molecule has 90 valence electrons. The molecule has 1 rings (SSSR count). The monoisotopic (exact) mass is 232 g/mol. The molecular weight excluding hydrogens is 218 g/mol. The zero-order valence-corrected chi connectivity index (χ0v) is 8.89. The van der Waals surface area contributed by atoms with Crippen LogP contribution in [0.5, 0.6) is 0 Å². The quantitative estimate of drug-likeness (QED) is 0.517. The molecule has 1 amide bonds. The van der Waals surface area contributed by atoms with Gasteiger partial charge in [0.1, 0.15) is 0 Å². The first-order chi connectivity index (χ1) is 7.45. The molecule has 0 spiro atoms. The molecule has 3 N–H and O–H groups in total. The molecule has 16 heavy (non-hydrogen) atoms. The molecule has 1 heterocycles. The number of hydrogen-bond acceptors (Lipinski definition) is 4. The Morgan fingerprint density at radius 1 is 1.56 bits per heavy atom. The maximum Gasteiger partial charge on any atom is 0.376 e. The molecule has 0 bridgehead atoms. The van der Waals surface area contributed by atoms with Crippen molar-refractivity contribution in [1.82, 2.24) is 10.1 Å². The van der Waals surface area contributed by atoms with Crippen molar-refractivity contribution in [3.05, 3.63) is 0 Å². The molecule has 1 aliphatic heterocycles. The number of halogens is 1. The third-order valence-corrected chi connectivity index (χ3v) is 2.66. The average Bonchev–Trinajstić information content (AvgIpc) is 2.61. The topological polar surface area (TPSA) is 89.9 Å². The summed E-state index contributed by atoms with van der Waals surface area (Å²) in [6.07, 6.45) is 0. The van der Waals surface area contributed by atoms with Gasteiger partial charge >= 0.3 is 13.0 Å². The number of carbonyl (C=O) groups is 2. The van der Waals surface area contributed by atoms with Gasteiger partial charge < -0.3 is 20.3 Å². The van der Waals surface area contributed by atoms with Crippen LogP contribution in [0.3, 0.4) is 0 Å². The number of rotatable bonds is 4. The third kappa shape index (κ3) is 2.92. The fourth-order valence-corrected chi connectivity index (χ4v) is 1.78. The van der Waals surface area contributed by atoms with Crippen LogP contribution in [-0.2, 0) is 9.59 Å². The zero-order chi connectivity index (χ0) is 12.3. The summed E-state index contributed by atoms with van der Waals surface area (Å²) in [5.41, 5.74) is 0. The molecule has 1 fully saturated rings. The normalized spacial score (nSPS) is 25.4. The summed E-state index contributed by atoms with van der Waals surface area (Å²) >= 11 is 0. The maximum absolute atomic E-state index is 12.0. The van der Waals surface area contributed by atoms with Gasteiger partial charge in [-0.05, 0) is 6.82 Å². The van der Waals surface area contributed by atoms with Crippen LogP contribution in [-0.4, -0.2) is 59.7 Å². The minimum absolute atomic E-state index is 0.143. The molecule has 1 aliphatic rings. The van der Waals surface area contributed by atoms with Crippen LogP contribution in [0.4, 0.5) is 4.39 Å². The molecule has 0 aromatic rings. The summed E-state index contributed by atoms with van der Waals surface area (Å²) in [7, 11) is -0.783. The highest BCUT2D eigenvalue weighted by Crippen LogP contribution is 2.18. The highest BCUT2D eigenvalue weighted by Gasteiger charge is 2.40. The highest BCUT2D eigenvalue weighted by molar-refractivity contribution is 6.45. The second kappa shape index (κ2) is 5.26. The van der Waals surface area contributed by atoms with E-state index in [0.29, 0.717) is 0 Å². The Kier molecular flexibility index (Phi) is 4.25. The van der Waals surface area contributed by atoms with Gasteiger partial charge in [-0.1, -0.05) is 0 Å². The van der Waals surface area contributed by atoms with Crippen LogP contribution in [0, 0.1) is 5.92 Å². The Bertz CT molecular complexity index is 289. The Hall–Kier alpha value is -1.15. The third-order valence-electron chi connectivity index (χ3n) is 2.66. The van der Waals surface area contributed by atoms with Gasteiger partial charge in [0.05, 0.1) is 12.0 Å². The van der Waals surface area contributed by atoms with E-state index in [0.717, 1.165) is 0 Å². The van der Waals surface area contributed by atoms with E-state index in [1.54, 1.807) is 0 Å². The lowest BCUT2D eigenvalue weighted by molar-refractivity contribution is -0.142. The average molecular weight is 232 g/mol. The predicted molar refractivity (Wildman–Crippen MR) is 54.4 cm³/mol. The van der Waals surface area contributed by atoms with E-state index in [4.69, 9.17) is 5.11 Å². The van der Waals surface area contributed by atoms with Crippen LogP contribution in [0.2, 0.25) is 6.82 Å². The summed E-state index contributed by atoms with van der Waals surface area (Å²) in [4.78, 5) is 23.3. The van der Waals surface area contributed by atoms with Gasteiger partial charge in [-0.25, -0.2) is 4.39 Å². The van der Waals surface area contributed by atoms with Gasteiger partial charge in [0.15, 0.2) is 6.67 Å². The summed E-state index contributed by atoms with van der Waals surface area (Å²) in [6, 6.07) is -0.657. The molecule has 8 heteroatoms. The summed E-state index contributed by atoms with van der Waals surface area (Å²) in [5.74, 6) is -2.71. The first-order valence-electron chi connectivity index (χ1n) is 4.96. The van der Waals surface area contributed by atoms with Crippen molar-refractivity contribution in [2.75, 3.05) is 19.8 Å². The van der Waals surface area contributed by atoms with Crippen molar-refractivity contribution in [1.29, 1.82) is 0 Å². The molecule has 0 saturated carbocycles. The predicted octanol–water partition coefficient (Wildman–Crippen LogP) is -1.43. The second-order valence-corrected chi connectivity index (χ2v) is 3.84. The van der Waals surface area contributed by atoms with Crippen LogP contribution in [0.25, 0.3) is 0 Å². The van der Waals surface area contributed by atoms with Crippen LogP contribution in [0.1, 0.15) is 0 Å². The first kappa shape index (κ1) is 12.9. The van der Waals surface area contributed by atoms with Crippen molar-refractivity contribution < 1.29 is 24.1 Å². The number of amides is 1. The number of aliphatic carboxylic acids is 1. The van der Waals surface area contributed by atoms with Crippen molar-refractivity contribution in [2.24, 2.45) is 5.92 Å². The molecule has 6 nitrogen and oxygen atoms in total. The van der Waals surface area contributed by atoms with E-state index in [9.17, 15) is 19.0 Å². The number of nitrogens with one attached hydrogen (secondary N) is 1. The standard InChI is InChI=1S/C8H14BFN2O4/c1-9(16)12-3-5(8(14)15)6(4-12)11-7(13)2-10/h5-6,16H,2-4H2,1H3,(H,11,13)(H,14,15)/t5-,6-/m1/s1. The van der Waals surface area contributed by atoms with Gasteiger partial charge in [-0.15, -0.1) is 0 Å². The first-order valence-corrected chi connectivity index (χ1v) is 4.96. The Balaban J connectivity index is 2.66. The molecule has 0 unspecified atom stereocenters. The van der Waals surface area contributed by atoms with Crippen LogP contribution >= 0.6 is 0 Å². The van der Waals surface area contributed by atoms with Gasteiger partial charge in [0, 0.05) is 13.1 Å². The lowest BCUT2D eigenvalue weighted by Crippen LogP contribution is -2.44. The molecule has 2 atom stereocenters. The van der Waals surface area contributed by atoms with Crippen LogP contribution in [0.15, 0.2) is 0 Å². The van der Waals surface area contributed by atoms with Gasteiger partial charge in [-0.2, -0.15) is 0 Å². The highest BCUT2D eigenvalue weighted by atomic mass is 19.1. The maximum atomic E-state index is 12.0. The molecule has 1 saturated heterocycles. The van der Waals surface area contributed by atoms with Crippen LogP contribution < -0.4 is 5.32 Å². The Morgan fingerprint density at radius 2 is 2.19 bits per heavy atom. The number of hydrogen-bond donors (Lipinski definition) is 3. The zero-order valence-electron chi connectivity index (χ0n) is 8.89. The largest absolute Gasteiger partial charge is 0.481 e. The SMILES string of the molecule is CB(O)N1C[C@@H](NC(=O)CF)[C@H](C(=O)O)C1. The van der Waals surface area contributed by atoms with E-state index < -0.39 is 37.6 Å². The lowest BCUT2D eigenvalue weighted by Gasteiger charge is -2.16. The Labute approximate surface area is 92.6 Å². The number of carboxylic acid groups (broad SMARTS) is 1. The molecular formula is C8H14BFN2O4. The lowest BCUT2D eigenvalue weighted by atomic mass is 9.86.